The van der Waals surface area contributed by atoms with E-state index in [0.717, 1.165) is 43.9 Å². The lowest BCUT2D eigenvalue weighted by Gasteiger charge is -2.32. The highest BCUT2D eigenvalue weighted by Crippen LogP contribution is 2.41. The first-order valence-corrected chi connectivity index (χ1v) is 11.8. The van der Waals surface area contributed by atoms with Crippen LogP contribution >= 0.6 is 0 Å². The molecule has 3 N–H and O–H groups in total. The third-order valence-corrected chi connectivity index (χ3v) is 6.91. The number of hydrogen-bond donors (Lipinski definition) is 3. The van der Waals surface area contributed by atoms with Crippen LogP contribution in [0.25, 0.3) is 0 Å². The summed E-state index contributed by atoms with van der Waals surface area (Å²) in [6.07, 6.45) is 3.49. The summed E-state index contributed by atoms with van der Waals surface area (Å²) in [5.74, 6) is 1.49. The maximum atomic E-state index is 12.9. The van der Waals surface area contributed by atoms with Crippen LogP contribution in [-0.2, 0) is 9.53 Å². The maximum absolute atomic E-state index is 12.9. The number of rotatable bonds is 6. The Balaban J connectivity index is 1.39. The number of hydrogen-bond acceptors (Lipinski definition) is 7. The molecule has 1 aromatic carbocycles. The molecular weight excluding hydrogens is 404 g/mol. The summed E-state index contributed by atoms with van der Waals surface area (Å²) in [6, 6.07) is 8.96. The van der Waals surface area contributed by atoms with Crippen LogP contribution in [0.4, 0.5) is 5.69 Å². The van der Waals surface area contributed by atoms with Crippen LogP contribution in [0, 0.1) is 0 Å². The van der Waals surface area contributed by atoms with Gasteiger partial charge < -0.3 is 25.2 Å². The molecule has 1 saturated heterocycles. The van der Waals surface area contributed by atoms with E-state index in [9.17, 15) is 4.79 Å². The smallest absolute Gasteiger partial charge is 0.265 e. The molecule has 172 valence electrons. The van der Waals surface area contributed by atoms with Gasteiger partial charge in [0, 0.05) is 43.8 Å². The zero-order valence-electron chi connectivity index (χ0n) is 19.1. The first-order chi connectivity index (χ1) is 15.6. The van der Waals surface area contributed by atoms with Gasteiger partial charge in [-0.25, -0.2) is 4.99 Å². The minimum absolute atomic E-state index is 0.0365. The van der Waals surface area contributed by atoms with Gasteiger partial charge in [0.1, 0.15) is 11.5 Å². The first kappa shape index (κ1) is 21.4. The largest absolute Gasteiger partial charge is 0.381 e. The second kappa shape index (κ2) is 9.21. The Kier molecular flexibility index (Phi) is 6.17. The number of carbonyl (C=O) groups is 1. The molecule has 0 bridgehead atoms. The molecule has 0 aromatic heterocycles. The molecule has 0 saturated carbocycles. The molecule has 0 radical (unpaired) electrons. The summed E-state index contributed by atoms with van der Waals surface area (Å²) < 4.78 is 5.41. The molecule has 0 spiro atoms. The highest BCUT2D eigenvalue weighted by Gasteiger charge is 2.38. The standard InChI is InChI=1S/C24H34N6O2/c1-29(2)10-7-16-14-30(21-6-4-3-5-18(16)21)23-22-19(25-15-26-23)13-20(28-22)24(31)27-17-8-11-32-12-9-17/h3-6,16-17,19,25-26H,7-15H2,1-2H3,(H,27,31). The SMILES string of the molecule is CN(C)CCC1CN(C2=C3N=C(C(=O)NC4CCOCC4)CC3NCN2)c2ccccc21. The van der Waals surface area contributed by atoms with Crippen LogP contribution in [0.15, 0.2) is 40.8 Å². The summed E-state index contributed by atoms with van der Waals surface area (Å²) in [7, 11) is 4.25. The monoisotopic (exact) mass is 438 g/mol. The molecule has 32 heavy (non-hydrogen) atoms. The van der Waals surface area contributed by atoms with Gasteiger partial charge in [0.25, 0.3) is 5.91 Å². The second-order valence-electron chi connectivity index (χ2n) is 9.43. The van der Waals surface area contributed by atoms with E-state index < -0.39 is 0 Å². The molecule has 4 heterocycles. The quantitative estimate of drug-likeness (QED) is 0.623. The number of para-hydroxylation sites is 1. The molecule has 1 fully saturated rings. The molecule has 8 nitrogen and oxygen atoms in total. The number of fused-ring (bicyclic) bond motifs is 2. The fourth-order valence-corrected chi connectivity index (χ4v) is 5.15. The number of carbonyl (C=O) groups excluding carboxylic acids is 1. The molecule has 4 aliphatic heterocycles. The van der Waals surface area contributed by atoms with Gasteiger partial charge in [0.15, 0.2) is 0 Å². The van der Waals surface area contributed by atoms with Crippen LogP contribution in [0.3, 0.4) is 0 Å². The molecule has 5 rings (SSSR count). The average Bonchev–Trinajstić information content (AvgIpc) is 3.40. The van der Waals surface area contributed by atoms with E-state index in [-0.39, 0.29) is 18.0 Å². The molecule has 1 aromatic rings. The van der Waals surface area contributed by atoms with Crippen molar-refractivity contribution in [2.24, 2.45) is 4.99 Å². The summed E-state index contributed by atoms with van der Waals surface area (Å²) in [5.41, 5.74) is 4.24. The van der Waals surface area contributed by atoms with Crippen LogP contribution in [0.1, 0.15) is 37.2 Å². The summed E-state index contributed by atoms with van der Waals surface area (Å²) in [4.78, 5) is 22.4. The lowest BCUT2D eigenvalue weighted by molar-refractivity contribution is -0.116. The summed E-state index contributed by atoms with van der Waals surface area (Å²) in [6.45, 7) is 4.10. The Morgan fingerprint density at radius 2 is 2.09 bits per heavy atom. The number of nitrogens with zero attached hydrogens (tertiary/aromatic N) is 3. The topological polar surface area (TPSA) is 81.2 Å². The van der Waals surface area contributed by atoms with E-state index in [4.69, 9.17) is 9.73 Å². The first-order valence-electron chi connectivity index (χ1n) is 11.8. The Bertz CT molecular complexity index is 921. The molecule has 2 unspecified atom stereocenters. The zero-order chi connectivity index (χ0) is 22.1. The van der Waals surface area contributed by atoms with E-state index in [2.05, 4.69) is 64.1 Å². The van der Waals surface area contributed by atoms with Crippen LogP contribution in [0.5, 0.6) is 0 Å². The van der Waals surface area contributed by atoms with E-state index in [1.54, 1.807) is 0 Å². The highest BCUT2D eigenvalue weighted by atomic mass is 16.5. The minimum atomic E-state index is -0.0365. The third-order valence-electron chi connectivity index (χ3n) is 6.91. The van der Waals surface area contributed by atoms with Gasteiger partial charge in [-0.15, -0.1) is 0 Å². The predicted octanol–water partition coefficient (Wildman–Crippen LogP) is 1.37. The van der Waals surface area contributed by atoms with Crippen molar-refractivity contribution >= 4 is 17.3 Å². The molecule has 2 atom stereocenters. The third kappa shape index (κ3) is 4.27. The Hall–Kier alpha value is -2.42. The van der Waals surface area contributed by atoms with Gasteiger partial charge in [-0.2, -0.15) is 0 Å². The minimum Gasteiger partial charge on any atom is -0.381 e. The predicted molar refractivity (Wildman–Crippen MR) is 126 cm³/mol. The van der Waals surface area contributed by atoms with Crippen molar-refractivity contribution in [2.45, 2.75) is 43.7 Å². The van der Waals surface area contributed by atoms with E-state index in [1.165, 1.54) is 11.3 Å². The van der Waals surface area contributed by atoms with Gasteiger partial charge in [-0.1, -0.05) is 18.2 Å². The second-order valence-corrected chi connectivity index (χ2v) is 9.43. The fraction of sp³-hybridized carbons (Fsp3) is 0.583. The zero-order valence-corrected chi connectivity index (χ0v) is 19.1. The molecule has 8 heteroatoms. The van der Waals surface area contributed by atoms with Crippen LogP contribution < -0.4 is 20.9 Å². The van der Waals surface area contributed by atoms with E-state index in [0.29, 0.717) is 37.9 Å². The summed E-state index contributed by atoms with van der Waals surface area (Å²) >= 11 is 0. The van der Waals surface area contributed by atoms with Crippen molar-refractivity contribution in [1.82, 2.24) is 20.9 Å². The molecule has 0 aliphatic carbocycles. The molecule has 4 aliphatic rings. The Morgan fingerprint density at radius 1 is 1.28 bits per heavy atom. The normalized spacial score (nSPS) is 25.5. The number of aliphatic imine (C=N–C) groups is 1. The van der Waals surface area contributed by atoms with Crippen LogP contribution in [0.2, 0.25) is 0 Å². The maximum Gasteiger partial charge on any atom is 0.265 e. The number of anilines is 1. The van der Waals surface area contributed by atoms with Gasteiger partial charge in [-0.05, 0) is 51.5 Å². The molecule has 1 amide bonds. The number of nitrogens with one attached hydrogen (secondary N) is 3. The lowest BCUT2D eigenvalue weighted by Crippen LogP contribution is -2.48. The molecular formula is C24H34N6O2. The fourth-order valence-electron chi connectivity index (χ4n) is 5.15. The highest BCUT2D eigenvalue weighted by molar-refractivity contribution is 6.40. The van der Waals surface area contributed by atoms with Gasteiger partial charge in [0.05, 0.1) is 18.4 Å². The lowest BCUT2D eigenvalue weighted by atomic mass is 9.98. The number of amides is 1. The van der Waals surface area contributed by atoms with Gasteiger partial charge in [-0.3, -0.25) is 10.1 Å². The Labute approximate surface area is 190 Å². The number of benzene rings is 1. The summed E-state index contributed by atoms with van der Waals surface area (Å²) in [5, 5.41) is 10.2. The van der Waals surface area contributed by atoms with Crippen LogP contribution in [-0.4, -0.2) is 75.7 Å². The van der Waals surface area contributed by atoms with Gasteiger partial charge in [0.2, 0.25) is 0 Å². The van der Waals surface area contributed by atoms with Crippen molar-refractivity contribution in [2.75, 3.05) is 52.0 Å². The number of ether oxygens (including phenoxy) is 1. The van der Waals surface area contributed by atoms with Gasteiger partial charge >= 0.3 is 0 Å². The van der Waals surface area contributed by atoms with Crippen molar-refractivity contribution < 1.29 is 9.53 Å². The van der Waals surface area contributed by atoms with Crippen molar-refractivity contribution in [3.63, 3.8) is 0 Å². The van der Waals surface area contributed by atoms with E-state index in [1.807, 2.05) is 0 Å². The van der Waals surface area contributed by atoms with E-state index >= 15 is 0 Å². The van der Waals surface area contributed by atoms with Crippen molar-refractivity contribution in [3.05, 3.63) is 41.3 Å². The average molecular weight is 439 g/mol. The van der Waals surface area contributed by atoms with Crippen molar-refractivity contribution in [3.8, 4) is 0 Å². The Morgan fingerprint density at radius 3 is 2.91 bits per heavy atom. The van der Waals surface area contributed by atoms with Crippen molar-refractivity contribution in [1.29, 1.82) is 0 Å².